The van der Waals surface area contributed by atoms with Crippen LogP contribution in [0.5, 0.6) is 5.75 Å². The predicted octanol–water partition coefficient (Wildman–Crippen LogP) is 2.47. The lowest BCUT2D eigenvalue weighted by Crippen LogP contribution is -2.40. The van der Waals surface area contributed by atoms with Crippen molar-refractivity contribution in [1.82, 2.24) is 5.32 Å². The number of nitrogens with one attached hydrogen (secondary N) is 2. The van der Waals surface area contributed by atoms with Crippen molar-refractivity contribution < 1.29 is 14.3 Å². The lowest BCUT2D eigenvalue weighted by atomic mass is 10.2. The number of para-hydroxylation sites is 2. The minimum atomic E-state index is -0.581. The van der Waals surface area contributed by atoms with Gasteiger partial charge < -0.3 is 15.4 Å². The Labute approximate surface area is 125 Å². The molecule has 0 radical (unpaired) electrons. The third kappa shape index (κ3) is 4.48. The summed E-state index contributed by atoms with van der Waals surface area (Å²) in [7, 11) is 0. The van der Waals surface area contributed by atoms with E-state index in [4.69, 9.17) is 4.74 Å². The lowest BCUT2D eigenvalue weighted by molar-refractivity contribution is -0.124. The molecular formula is C16H22N2O3. The van der Waals surface area contributed by atoms with Gasteiger partial charge in [-0.2, -0.15) is 0 Å². The Morgan fingerprint density at radius 3 is 2.57 bits per heavy atom. The number of ether oxygens (including phenoxy) is 1. The predicted molar refractivity (Wildman–Crippen MR) is 81.2 cm³/mol. The Morgan fingerprint density at radius 1 is 1.24 bits per heavy atom. The summed E-state index contributed by atoms with van der Waals surface area (Å²) in [5, 5.41) is 5.37. The third-order valence-electron chi connectivity index (χ3n) is 3.55. The number of benzene rings is 1. The van der Waals surface area contributed by atoms with Gasteiger partial charge in [-0.05, 0) is 44.7 Å². The molecule has 2 rings (SSSR count). The average molecular weight is 290 g/mol. The van der Waals surface area contributed by atoms with Gasteiger partial charge in [0.15, 0.2) is 0 Å². The van der Waals surface area contributed by atoms with E-state index >= 15 is 0 Å². The molecule has 0 heterocycles. The molecule has 1 aromatic carbocycles. The highest BCUT2D eigenvalue weighted by Gasteiger charge is 2.19. The SMILES string of the molecule is CC(=O)NC(C)C(=O)Nc1ccccc1OC1CCCC1. The fourth-order valence-electron chi connectivity index (χ4n) is 2.47. The quantitative estimate of drug-likeness (QED) is 0.875. The molecule has 0 aromatic heterocycles. The van der Waals surface area contributed by atoms with Crippen LogP contribution < -0.4 is 15.4 Å². The minimum Gasteiger partial charge on any atom is -0.488 e. The molecular weight excluding hydrogens is 268 g/mol. The number of hydrogen-bond acceptors (Lipinski definition) is 3. The molecule has 0 spiro atoms. The molecule has 1 unspecified atom stereocenters. The fourth-order valence-corrected chi connectivity index (χ4v) is 2.47. The van der Waals surface area contributed by atoms with Crippen LogP contribution in [0.15, 0.2) is 24.3 Å². The van der Waals surface area contributed by atoms with Crippen LogP contribution in [0.4, 0.5) is 5.69 Å². The molecule has 5 nitrogen and oxygen atoms in total. The van der Waals surface area contributed by atoms with Crippen LogP contribution in [0, 0.1) is 0 Å². The monoisotopic (exact) mass is 290 g/mol. The van der Waals surface area contributed by atoms with Gasteiger partial charge in [0.1, 0.15) is 11.8 Å². The molecule has 1 saturated carbocycles. The maximum absolute atomic E-state index is 12.1. The van der Waals surface area contributed by atoms with E-state index in [-0.39, 0.29) is 17.9 Å². The van der Waals surface area contributed by atoms with Crippen molar-refractivity contribution in [2.24, 2.45) is 0 Å². The van der Waals surface area contributed by atoms with Gasteiger partial charge in [-0.25, -0.2) is 0 Å². The molecule has 0 bridgehead atoms. The Morgan fingerprint density at radius 2 is 1.90 bits per heavy atom. The summed E-state index contributed by atoms with van der Waals surface area (Å²) in [5.74, 6) is 0.202. The average Bonchev–Trinajstić information content (AvgIpc) is 2.93. The van der Waals surface area contributed by atoms with Crippen LogP contribution in [-0.4, -0.2) is 24.0 Å². The summed E-state index contributed by atoms with van der Waals surface area (Å²) >= 11 is 0. The topological polar surface area (TPSA) is 67.4 Å². The van der Waals surface area contributed by atoms with Gasteiger partial charge in [0, 0.05) is 6.92 Å². The first-order valence-electron chi connectivity index (χ1n) is 7.40. The minimum absolute atomic E-state index is 0.229. The zero-order chi connectivity index (χ0) is 15.2. The van der Waals surface area contributed by atoms with Gasteiger partial charge in [-0.15, -0.1) is 0 Å². The first-order valence-corrected chi connectivity index (χ1v) is 7.40. The molecule has 1 fully saturated rings. The van der Waals surface area contributed by atoms with E-state index in [9.17, 15) is 9.59 Å². The van der Waals surface area contributed by atoms with Gasteiger partial charge in [-0.3, -0.25) is 9.59 Å². The highest BCUT2D eigenvalue weighted by molar-refractivity contribution is 5.97. The summed E-state index contributed by atoms with van der Waals surface area (Å²) in [6, 6.07) is 6.82. The Hall–Kier alpha value is -2.04. The first-order chi connectivity index (χ1) is 10.1. The summed E-state index contributed by atoms with van der Waals surface area (Å²) in [4.78, 5) is 23.0. The fraction of sp³-hybridized carbons (Fsp3) is 0.500. The number of carbonyl (C=O) groups is 2. The van der Waals surface area contributed by atoms with E-state index in [0.29, 0.717) is 11.4 Å². The maximum Gasteiger partial charge on any atom is 0.246 e. The van der Waals surface area contributed by atoms with Crippen LogP contribution in [0.1, 0.15) is 39.5 Å². The summed E-state index contributed by atoms with van der Waals surface area (Å²) in [6.45, 7) is 3.04. The second-order valence-corrected chi connectivity index (χ2v) is 5.43. The van der Waals surface area contributed by atoms with Crippen LogP contribution in [0.3, 0.4) is 0 Å². The van der Waals surface area contributed by atoms with Gasteiger partial charge >= 0.3 is 0 Å². The largest absolute Gasteiger partial charge is 0.488 e. The van der Waals surface area contributed by atoms with Crippen LogP contribution in [0.2, 0.25) is 0 Å². The highest BCUT2D eigenvalue weighted by atomic mass is 16.5. The van der Waals surface area contributed by atoms with Crippen molar-refractivity contribution in [2.45, 2.75) is 51.7 Å². The number of rotatable bonds is 5. The number of amides is 2. The zero-order valence-electron chi connectivity index (χ0n) is 12.5. The summed E-state index contributed by atoms with van der Waals surface area (Å²) in [5.41, 5.74) is 0.645. The molecule has 0 aliphatic heterocycles. The number of anilines is 1. The van der Waals surface area contributed by atoms with Crippen LogP contribution >= 0.6 is 0 Å². The lowest BCUT2D eigenvalue weighted by Gasteiger charge is -2.18. The second-order valence-electron chi connectivity index (χ2n) is 5.43. The molecule has 5 heteroatoms. The van der Waals surface area contributed by atoms with Crippen molar-refractivity contribution in [3.63, 3.8) is 0 Å². The molecule has 114 valence electrons. The Kier molecular flexibility index (Phi) is 5.20. The maximum atomic E-state index is 12.1. The van der Waals surface area contributed by atoms with E-state index in [1.807, 2.05) is 24.3 Å². The summed E-state index contributed by atoms with van der Waals surface area (Å²) in [6.07, 6.45) is 4.74. The van der Waals surface area contributed by atoms with Gasteiger partial charge in [0.25, 0.3) is 0 Å². The molecule has 21 heavy (non-hydrogen) atoms. The van der Waals surface area contributed by atoms with E-state index in [1.54, 1.807) is 6.92 Å². The molecule has 2 N–H and O–H groups in total. The van der Waals surface area contributed by atoms with Crippen LogP contribution in [-0.2, 0) is 9.59 Å². The molecule has 1 aliphatic rings. The number of hydrogen-bond donors (Lipinski definition) is 2. The van der Waals surface area contributed by atoms with E-state index in [1.165, 1.54) is 19.8 Å². The van der Waals surface area contributed by atoms with Crippen molar-refractivity contribution in [3.05, 3.63) is 24.3 Å². The highest BCUT2D eigenvalue weighted by Crippen LogP contribution is 2.29. The molecule has 1 atom stereocenters. The molecule has 1 aromatic rings. The van der Waals surface area contributed by atoms with Crippen molar-refractivity contribution in [1.29, 1.82) is 0 Å². The second kappa shape index (κ2) is 7.11. The molecule has 1 aliphatic carbocycles. The van der Waals surface area contributed by atoms with E-state index < -0.39 is 6.04 Å². The van der Waals surface area contributed by atoms with Crippen molar-refractivity contribution in [3.8, 4) is 5.75 Å². The van der Waals surface area contributed by atoms with E-state index in [2.05, 4.69) is 10.6 Å². The third-order valence-corrected chi connectivity index (χ3v) is 3.55. The van der Waals surface area contributed by atoms with Gasteiger partial charge in [0.05, 0.1) is 11.8 Å². The Bertz CT molecular complexity index is 510. The van der Waals surface area contributed by atoms with E-state index in [0.717, 1.165) is 12.8 Å². The van der Waals surface area contributed by atoms with Crippen molar-refractivity contribution >= 4 is 17.5 Å². The van der Waals surface area contributed by atoms with Gasteiger partial charge in [0.2, 0.25) is 11.8 Å². The molecule has 2 amide bonds. The zero-order valence-corrected chi connectivity index (χ0v) is 12.5. The van der Waals surface area contributed by atoms with Crippen molar-refractivity contribution in [2.75, 3.05) is 5.32 Å². The Balaban J connectivity index is 2.01. The standard InChI is InChI=1S/C16H22N2O3/c1-11(17-12(2)19)16(20)18-14-9-5-6-10-15(14)21-13-7-3-4-8-13/h5-6,9-11,13H,3-4,7-8H2,1-2H3,(H,17,19)(H,18,20). The molecule has 0 saturated heterocycles. The van der Waals surface area contributed by atoms with Gasteiger partial charge in [-0.1, -0.05) is 12.1 Å². The smallest absolute Gasteiger partial charge is 0.246 e. The number of carbonyl (C=O) groups excluding carboxylic acids is 2. The van der Waals surface area contributed by atoms with Crippen LogP contribution in [0.25, 0.3) is 0 Å². The first kappa shape index (κ1) is 15.4. The normalized spacial score (nSPS) is 16.3. The summed E-state index contributed by atoms with van der Waals surface area (Å²) < 4.78 is 5.97.